The lowest BCUT2D eigenvalue weighted by atomic mass is 10.1. The van der Waals surface area contributed by atoms with Crippen LogP contribution in [0.2, 0.25) is 0 Å². The van der Waals surface area contributed by atoms with Crippen LogP contribution in [0.1, 0.15) is 40.0 Å². The SMILES string of the molecule is C=C=C(CCCC)C(C)OC(C)=O. The standard InChI is InChI=1S/C11H18O2/c1-5-7-8-11(6-2)9(3)13-10(4)12/h9H,2,5,7-8H2,1,3-4H3. The predicted molar refractivity (Wildman–Crippen MR) is 53.4 cm³/mol. The lowest BCUT2D eigenvalue weighted by Gasteiger charge is -2.13. The summed E-state index contributed by atoms with van der Waals surface area (Å²) in [6.07, 6.45) is 2.94. The Balaban J connectivity index is 4.09. The average molecular weight is 182 g/mol. The lowest BCUT2D eigenvalue weighted by molar-refractivity contribution is -0.143. The first-order chi connectivity index (χ1) is 6.11. The van der Waals surface area contributed by atoms with Crippen molar-refractivity contribution in [3.63, 3.8) is 0 Å². The van der Waals surface area contributed by atoms with Crippen molar-refractivity contribution in [2.75, 3.05) is 0 Å². The molecule has 0 aromatic rings. The summed E-state index contributed by atoms with van der Waals surface area (Å²) in [6, 6.07) is 0. The molecule has 0 radical (unpaired) electrons. The molecule has 1 atom stereocenters. The van der Waals surface area contributed by atoms with E-state index >= 15 is 0 Å². The van der Waals surface area contributed by atoms with Gasteiger partial charge in [-0.1, -0.05) is 19.9 Å². The van der Waals surface area contributed by atoms with Gasteiger partial charge in [0.15, 0.2) is 0 Å². The Kier molecular flexibility index (Phi) is 5.99. The molecule has 0 aromatic heterocycles. The number of carbonyl (C=O) groups is 1. The molecule has 0 fully saturated rings. The molecule has 0 aromatic carbocycles. The summed E-state index contributed by atoms with van der Waals surface area (Å²) in [6.45, 7) is 8.98. The minimum absolute atomic E-state index is 0.179. The van der Waals surface area contributed by atoms with E-state index in [9.17, 15) is 4.79 Å². The maximum atomic E-state index is 10.7. The predicted octanol–water partition coefficient (Wildman–Crippen LogP) is 2.84. The summed E-state index contributed by atoms with van der Waals surface area (Å²) in [7, 11) is 0. The van der Waals surface area contributed by atoms with Crippen molar-refractivity contribution in [1.82, 2.24) is 0 Å². The van der Waals surface area contributed by atoms with Gasteiger partial charge < -0.3 is 4.74 Å². The normalized spacial score (nSPS) is 11.6. The summed E-state index contributed by atoms with van der Waals surface area (Å²) in [5.41, 5.74) is 3.81. The fourth-order valence-electron chi connectivity index (χ4n) is 1.12. The smallest absolute Gasteiger partial charge is 0.303 e. The molecular weight excluding hydrogens is 164 g/mol. The summed E-state index contributed by atoms with van der Waals surface area (Å²) >= 11 is 0. The largest absolute Gasteiger partial charge is 0.458 e. The number of ether oxygens (including phenoxy) is 1. The van der Waals surface area contributed by atoms with Crippen LogP contribution in [-0.4, -0.2) is 12.1 Å². The van der Waals surface area contributed by atoms with Crippen LogP contribution < -0.4 is 0 Å². The molecule has 2 nitrogen and oxygen atoms in total. The molecule has 0 aliphatic rings. The number of rotatable bonds is 5. The van der Waals surface area contributed by atoms with E-state index in [0.717, 1.165) is 24.8 Å². The van der Waals surface area contributed by atoms with Gasteiger partial charge in [0.25, 0.3) is 0 Å². The molecule has 74 valence electrons. The number of hydrogen-bond acceptors (Lipinski definition) is 2. The van der Waals surface area contributed by atoms with Gasteiger partial charge in [-0.05, 0) is 19.8 Å². The van der Waals surface area contributed by atoms with Crippen molar-refractivity contribution >= 4 is 5.97 Å². The molecular formula is C11H18O2. The molecule has 0 N–H and O–H groups in total. The molecule has 0 aliphatic heterocycles. The number of hydrogen-bond donors (Lipinski definition) is 0. The van der Waals surface area contributed by atoms with Gasteiger partial charge in [0.05, 0.1) is 0 Å². The molecule has 0 aliphatic carbocycles. The van der Waals surface area contributed by atoms with E-state index in [1.54, 1.807) is 0 Å². The fourth-order valence-corrected chi connectivity index (χ4v) is 1.12. The Bertz CT molecular complexity index is 212. The molecule has 0 rings (SSSR count). The maximum Gasteiger partial charge on any atom is 0.303 e. The van der Waals surface area contributed by atoms with E-state index in [1.165, 1.54) is 6.92 Å². The van der Waals surface area contributed by atoms with E-state index in [1.807, 2.05) is 6.92 Å². The Hall–Kier alpha value is -1.01. The van der Waals surface area contributed by atoms with E-state index in [4.69, 9.17) is 4.74 Å². The highest BCUT2D eigenvalue weighted by molar-refractivity contribution is 5.66. The zero-order chi connectivity index (χ0) is 10.3. The Morgan fingerprint density at radius 2 is 2.23 bits per heavy atom. The third-order valence-corrected chi connectivity index (χ3v) is 1.86. The number of esters is 1. The summed E-state index contributed by atoms with van der Waals surface area (Å²) in [5, 5.41) is 0. The first-order valence-corrected chi connectivity index (χ1v) is 4.67. The average Bonchev–Trinajstić information content (AvgIpc) is 2.04. The summed E-state index contributed by atoms with van der Waals surface area (Å²) < 4.78 is 5.02. The van der Waals surface area contributed by atoms with E-state index in [0.29, 0.717) is 0 Å². The van der Waals surface area contributed by atoms with Crippen LogP contribution in [-0.2, 0) is 9.53 Å². The van der Waals surface area contributed by atoms with Crippen LogP contribution >= 0.6 is 0 Å². The van der Waals surface area contributed by atoms with Crippen molar-refractivity contribution in [2.24, 2.45) is 0 Å². The molecule has 1 unspecified atom stereocenters. The van der Waals surface area contributed by atoms with Crippen LogP contribution in [0.5, 0.6) is 0 Å². The van der Waals surface area contributed by atoms with Gasteiger partial charge in [-0.15, -0.1) is 5.73 Å². The molecule has 0 bridgehead atoms. The van der Waals surface area contributed by atoms with Crippen molar-refractivity contribution in [3.8, 4) is 0 Å². The van der Waals surface area contributed by atoms with Gasteiger partial charge in [-0.25, -0.2) is 0 Å². The van der Waals surface area contributed by atoms with Gasteiger partial charge in [-0.2, -0.15) is 0 Å². The van der Waals surface area contributed by atoms with E-state index < -0.39 is 0 Å². The second kappa shape index (κ2) is 6.50. The summed E-state index contributed by atoms with van der Waals surface area (Å²) in [4.78, 5) is 10.7. The second-order valence-electron chi connectivity index (χ2n) is 3.06. The van der Waals surface area contributed by atoms with Crippen molar-refractivity contribution < 1.29 is 9.53 Å². The zero-order valence-corrected chi connectivity index (χ0v) is 8.72. The Morgan fingerprint density at radius 1 is 1.62 bits per heavy atom. The van der Waals surface area contributed by atoms with E-state index in [2.05, 4.69) is 19.2 Å². The molecule has 0 amide bonds. The number of unbranched alkanes of at least 4 members (excludes halogenated alkanes) is 1. The van der Waals surface area contributed by atoms with Gasteiger partial charge in [0.2, 0.25) is 0 Å². The van der Waals surface area contributed by atoms with Crippen LogP contribution in [0.3, 0.4) is 0 Å². The van der Waals surface area contributed by atoms with Gasteiger partial charge in [0, 0.05) is 12.5 Å². The topological polar surface area (TPSA) is 26.3 Å². The highest BCUT2D eigenvalue weighted by Crippen LogP contribution is 2.13. The lowest BCUT2D eigenvalue weighted by Crippen LogP contribution is -2.14. The molecule has 0 spiro atoms. The Labute approximate surface area is 80.3 Å². The first-order valence-electron chi connectivity index (χ1n) is 4.67. The van der Waals surface area contributed by atoms with Crippen LogP contribution in [0.25, 0.3) is 0 Å². The van der Waals surface area contributed by atoms with Crippen molar-refractivity contribution in [1.29, 1.82) is 0 Å². The highest BCUT2D eigenvalue weighted by atomic mass is 16.5. The molecule has 13 heavy (non-hydrogen) atoms. The quantitative estimate of drug-likeness (QED) is 0.482. The van der Waals surface area contributed by atoms with Gasteiger partial charge in [0.1, 0.15) is 6.10 Å². The van der Waals surface area contributed by atoms with Gasteiger partial charge >= 0.3 is 5.97 Å². The third-order valence-electron chi connectivity index (χ3n) is 1.86. The third kappa shape index (κ3) is 5.26. The molecule has 2 heteroatoms. The van der Waals surface area contributed by atoms with Crippen LogP contribution in [0.4, 0.5) is 0 Å². The van der Waals surface area contributed by atoms with Crippen molar-refractivity contribution in [3.05, 3.63) is 17.9 Å². The minimum atomic E-state index is -0.253. The van der Waals surface area contributed by atoms with Crippen molar-refractivity contribution in [2.45, 2.75) is 46.1 Å². The molecule has 0 saturated carbocycles. The molecule has 0 saturated heterocycles. The minimum Gasteiger partial charge on any atom is -0.458 e. The molecule has 0 heterocycles. The Morgan fingerprint density at radius 3 is 2.62 bits per heavy atom. The summed E-state index contributed by atoms with van der Waals surface area (Å²) in [5.74, 6) is -0.253. The zero-order valence-electron chi connectivity index (χ0n) is 8.72. The second-order valence-corrected chi connectivity index (χ2v) is 3.06. The maximum absolute atomic E-state index is 10.7. The highest BCUT2D eigenvalue weighted by Gasteiger charge is 2.10. The van der Waals surface area contributed by atoms with Gasteiger partial charge in [-0.3, -0.25) is 4.79 Å². The van der Waals surface area contributed by atoms with E-state index in [-0.39, 0.29) is 12.1 Å². The van der Waals surface area contributed by atoms with Crippen LogP contribution in [0, 0.1) is 0 Å². The first kappa shape index (κ1) is 12.0. The monoisotopic (exact) mass is 182 g/mol. The number of carbonyl (C=O) groups excluding carboxylic acids is 1. The fraction of sp³-hybridized carbons (Fsp3) is 0.636. The van der Waals surface area contributed by atoms with Crippen LogP contribution in [0.15, 0.2) is 17.9 Å².